The summed E-state index contributed by atoms with van der Waals surface area (Å²) < 4.78 is 11.5. The lowest BCUT2D eigenvalue weighted by Gasteiger charge is -2.39. The van der Waals surface area contributed by atoms with Crippen LogP contribution in [0.2, 0.25) is 18.1 Å². The van der Waals surface area contributed by atoms with Crippen LogP contribution in [-0.2, 0) is 9.16 Å². The first-order chi connectivity index (χ1) is 7.65. The molecule has 1 fully saturated rings. The highest BCUT2D eigenvalue weighted by Gasteiger charge is 2.39. The van der Waals surface area contributed by atoms with Crippen molar-refractivity contribution < 1.29 is 19.4 Å². The van der Waals surface area contributed by atoms with Crippen LogP contribution in [0, 0.1) is 0 Å². The van der Waals surface area contributed by atoms with Crippen LogP contribution in [0.3, 0.4) is 0 Å². The fourth-order valence-corrected chi connectivity index (χ4v) is 2.52. The van der Waals surface area contributed by atoms with E-state index in [-0.39, 0.29) is 5.04 Å². The third kappa shape index (κ3) is 3.76. The molecule has 0 amide bonds. The summed E-state index contributed by atoms with van der Waals surface area (Å²) >= 11 is 0. The van der Waals surface area contributed by atoms with Crippen molar-refractivity contribution in [2.75, 3.05) is 13.2 Å². The molecule has 0 aliphatic carbocycles. The highest BCUT2D eigenvalue weighted by atomic mass is 28.4. The minimum absolute atomic E-state index is 0.144. The molecule has 102 valence electrons. The molecular formula is C12H26O4Si. The van der Waals surface area contributed by atoms with E-state index in [4.69, 9.17) is 9.16 Å². The molecule has 0 saturated carbocycles. The maximum Gasteiger partial charge on any atom is 0.192 e. The molecule has 1 heterocycles. The van der Waals surface area contributed by atoms with E-state index in [1.807, 2.05) is 0 Å². The summed E-state index contributed by atoms with van der Waals surface area (Å²) in [5.74, 6) is 0. The first-order valence-electron chi connectivity index (χ1n) is 6.27. The van der Waals surface area contributed by atoms with Gasteiger partial charge in [-0.1, -0.05) is 20.8 Å². The van der Waals surface area contributed by atoms with Gasteiger partial charge in [0.1, 0.15) is 12.2 Å². The van der Waals surface area contributed by atoms with Gasteiger partial charge in [-0.15, -0.1) is 0 Å². The van der Waals surface area contributed by atoms with Crippen molar-refractivity contribution in [1.29, 1.82) is 0 Å². The zero-order valence-corrected chi connectivity index (χ0v) is 12.6. The van der Waals surface area contributed by atoms with Crippen LogP contribution >= 0.6 is 0 Å². The van der Waals surface area contributed by atoms with Gasteiger partial charge in [-0.3, -0.25) is 0 Å². The first-order valence-corrected chi connectivity index (χ1v) is 9.17. The molecule has 1 saturated heterocycles. The molecule has 5 heteroatoms. The quantitative estimate of drug-likeness (QED) is 0.757. The summed E-state index contributed by atoms with van der Waals surface area (Å²) in [6.45, 7) is 11.7. The van der Waals surface area contributed by atoms with Crippen molar-refractivity contribution in [1.82, 2.24) is 0 Å². The number of rotatable bonds is 3. The average molecular weight is 262 g/mol. The van der Waals surface area contributed by atoms with Crippen LogP contribution < -0.4 is 0 Å². The second-order valence-electron chi connectivity index (χ2n) is 6.33. The van der Waals surface area contributed by atoms with Gasteiger partial charge < -0.3 is 19.4 Å². The van der Waals surface area contributed by atoms with Gasteiger partial charge >= 0.3 is 0 Å². The maximum atomic E-state index is 9.80. The maximum absolute atomic E-state index is 9.80. The van der Waals surface area contributed by atoms with Gasteiger partial charge in [0, 0.05) is 6.61 Å². The van der Waals surface area contributed by atoms with Crippen molar-refractivity contribution in [3.8, 4) is 0 Å². The second kappa shape index (κ2) is 5.36. The van der Waals surface area contributed by atoms with Crippen molar-refractivity contribution in [3.05, 3.63) is 0 Å². The molecule has 1 rings (SSSR count). The molecule has 0 aromatic rings. The van der Waals surface area contributed by atoms with Gasteiger partial charge in [0.05, 0.1) is 12.7 Å². The van der Waals surface area contributed by atoms with E-state index in [2.05, 4.69) is 33.9 Å². The minimum atomic E-state index is -1.81. The zero-order chi connectivity index (χ0) is 13.3. The van der Waals surface area contributed by atoms with Crippen molar-refractivity contribution in [3.63, 3.8) is 0 Å². The number of hydrogen-bond donors (Lipinski definition) is 2. The Kier molecular flexibility index (Phi) is 4.77. The molecule has 2 N–H and O–H groups in total. The van der Waals surface area contributed by atoms with Crippen LogP contribution in [0.15, 0.2) is 0 Å². The van der Waals surface area contributed by atoms with E-state index in [9.17, 15) is 10.2 Å². The summed E-state index contributed by atoms with van der Waals surface area (Å²) in [6.07, 6.45) is -1.41. The fourth-order valence-electron chi connectivity index (χ4n) is 1.51. The highest BCUT2D eigenvalue weighted by molar-refractivity contribution is 6.74. The van der Waals surface area contributed by atoms with Crippen LogP contribution in [0.5, 0.6) is 0 Å². The van der Waals surface area contributed by atoms with E-state index < -0.39 is 26.6 Å². The predicted molar refractivity (Wildman–Crippen MR) is 69.5 cm³/mol. The number of ether oxygens (including phenoxy) is 1. The van der Waals surface area contributed by atoms with E-state index in [0.717, 1.165) is 0 Å². The summed E-state index contributed by atoms with van der Waals surface area (Å²) in [7, 11) is -1.81. The second-order valence-corrected chi connectivity index (χ2v) is 11.1. The van der Waals surface area contributed by atoms with Gasteiger partial charge in [-0.25, -0.2) is 0 Å². The third-order valence-corrected chi connectivity index (χ3v) is 8.44. The Hall–Kier alpha value is 0.0569. The highest BCUT2D eigenvalue weighted by Crippen LogP contribution is 2.36. The number of aliphatic hydroxyl groups is 2. The molecule has 3 unspecified atom stereocenters. The molecule has 0 bridgehead atoms. The zero-order valence-electron chi connectivity index (χ0n) is 11.6. The summed E-state index contributed by atoms with van der Waals surface area (Å²) in [5, 5.41) is 19.5. The van der Waals surface area contributed by atoms with Crippen molar-refractivity contribution in [2.45, 2.75) is 63.6 Å². The molecule has 1 aliphatic rings. The van der Waals surface area contributed by atoms with Crippen molar-refractivity contribution >= 4 is 8.32 Å². The Labute approximate surface area is 105 Å². The van der Waals surface area contributed by atoms with E-state index in [0.29, 0.717) is 19.6 Å². The largest absolute Gasteiger partial charge is 0.414 e. The van der Waals surface area contributed by atoms with Gasteiger partial charge in [0.15, 0.2) is 8.32 Å². The molecule has 1 aliphatic heterocycles. The minimum Gasteiger partial charge on any atom is -0.414 e. The average Bonchev–Trinajstić information content (AvgIpc) is 2.18. The SMILES string of the molecule is CC(C)(C)[Si](C)(C)OCC1OCCC(O)C1O. The van der Waals surface area contributed by atoms with Gasteiger partial charge in [0.25, 0.3) is 0 Å². The normalized spacial score (nSPS) is 31.6. The lowest BCUT2D eigenvalue weighted by molar-refractivity contribution is -0.145. The van der Waals surface area contributed by atoms with E-state index in [1.54, 1.807) is 0 Å². The summed E-state index contributed by atoms with van der Waals surface area (Å²) in [6, 6.07) is 0. The molecule has 0 aromatic heterocycles. The molecule has 3 atom stereocenters. The van der Waals surface area contributed by atoms with Crippen LogP contribution in [0.4, 0.5) is 0 Å². The van der Waals surface area contributed by atoms with Crippen LogP contribution in [0.25, 0.3) is 0 Å². The Morgan fingerprint density at radius 3 is 2.41 bits per heavy atom. The molecular weight excluding hydrogens is 236 g/mol. The molecule has 0 spiro atoms. The monoisotopic (exact) mass is 262 g/mol. The lowest BCUT2D eigenvalue weighted by atomic mass is 10.0. The summed E-state index contributed by atoms with van der Waals surface area (Å²) in [4.78, 5) is 0. The third-order valence-electron chi connectivity index (χ3n) is 3.94. The molecule has 0 aromatic carbocycles. The Morgan fingerprint density at radius 2 is 1.88 bits per heavy atom. The van der Waals surface area contributed by atoms with Crippen molar-refractivity contribution in [2.24, 2.45) is 0 Å². The van der Waals surface area contributed by atoms with Gasteiger partial charge in [-0.05, 0) is 24.6 Å². The van der Waals surface area contributed by atoms with E-state index in [1.165, 1.54) is 0 Å². The molecule has 0 radical (unpaired) electrons. The Morgan fingerprint density at radius 1 is 1.29 bits per heavy atom. The lowest BCUT2D eigenvalue weighted by Crippen LogP contribution is -2.50. The smallest absolute Gasteiger partial charge is 0.192 e. The predicted octanol–water partition coefficient (Wildman–Crippen LogP) is 1.52. The Balaban J connectivity index is 2.50. The van der Waals surface area contributed by atoms with Crippen LogP contribution in [-0.4, -0.2) is 50.1 Å². The number of hydrogen-bond acceptors (Lipinski definition) is 4. The summed E-state index contributed by atoms with van der Waals surface area (Å²) in [5.41, 5.74) is 0. The number of aliphatic hydroxyl groups excluding tert-OH is 2. The standard InChI is InChI=1S/C12H26O4Si/c1-12(2,3)17(4,5)16-8-10-11(14)9(13)6-7-15-10/h9-11,13-14H,6-8H2,1-5H3. The van der Waals surface area contributed by atoms with E-state index >= 15 is 0 Å². The van der Waals surface area contributed by atoms with Gasteiger partial charge in [0.2, 0.25) is 0 Å². The van der Waals surface area contributed by atoms with Crippen LogP contribution in [0.1, 0.15) is 27.2 Å². The fraction of sp³-hybridized carbons (Fsp3) is 1.00. The molecule has 4 nitrogen and oxygen atoms in total. The van der Waals surface area contributed by atoms with Gasteiger partial charge in [-0.2, -0.15) is 0 Å². The molecule has 17 heavy (non-hydrogen) atoms. The Bertz CT molecular complexity index is 249. The first kappa shape index (κ1) is 15.1. The topological polar surface area (TPSA) is 58.9 Å².